The van der Waals surface area contributed by atoms with Crippen LogP contribution in [0.1, 0.15) is 124 Å². The minimum Gasteiger partial charge on any atom is -0.459 e. The Hall–Kier alpha value is -2.69. The number of benzene rings is 1. The molecule has 5 nitrogen and oxygen atoms in total. The first-order chi connectivity index (χ1) is 20.7. The Morgan fingerprint density at radius 3 is 2.18 bits per heavy atom. The van der Waals surface area contributed by atoms with Crippen LogP contribution < -0.4 is 17.2 Å². The number of anilines is 2. The van der Waals surface area contributed by atoms with E-state index >= 15 is 0 Å². The third-order valence-corrected chi connectivity index (χ3v) is 11.5. The summed E-state index contributed by atoms with van der Waals surface area (Å²) in [4.78, 5) is 12.9. The fourth-order valence-corrected chi connectivity index (χ4v) is 9.51. The van der Waals surface area contributed by atoms with Gasteiger partial charge in [0.05, 0.1) is 5.56 Å². The van der Waals surface area contributed by atoms with Crippen molar-refractivity contribution in [2.24, 2.45) is 52.1 Å². The van der Waals surface area contributed by atoms with Gasteiger partial charge in [0.15, 0.2) is 0 Å². The molecule has 5 rings (SSSR count). The molecule has 1 aromatic rings. The van der Waals surface area contributed by atoms with Crippen molar-refractivity contribution < 1.29 is 9.53 Å². The van der Waals surface area contributed by atoms with Crippen LogP contribution in [-0.2, 0) is 4.74 Å². The third-order valence-electron chi connectivity index (χ3n) is 11.5. The number of nitrogen functional groups attached to an aromatic ring is 2. The Balaban J connectivity index is 0.000000816. The second-order valence-corrected chi connectivity index (χ2v) is 14.9. The summed E-state index contributed by atoms with van der Waals surface area (Å²) in [6, 6.07) is 4.99. The largest absolute Gasteiger partial charge is 0.459 e. The average molecular weight is 606 g/mol. The lowest BCUT2D eigenvalue weighted by molar-refractivity contribution is -0.0843. The van der Waals surface area contributed by atoms with Crippen LogP contribution >= 0.6 is 0 Å². The summed E-state index contributed by atoms with van der Waals surface area (Å²) >= 11 is 0. The van der Waals surface area contributed by atoms with Gasteiger partial charge in [-0.1, -0.05) is 65.0 Å². The Labute approximate surface area is 269 Å². The second-order valence-electron chi connectivity index (χ2n) is 14.9. The molecule has 3 fully saturated rings. The molecule has 9 atom stereocenters. The zero-order valence-electron chi connectivity index (χ0n) is 29.1. The molecule has 0 aliphatic heterocycles. The van der Waals surface area contributed by atoms with Crippen LogP contribution in [0, 0.1) is 46.3 Å². The number of ether oxygens (including phenoxy) is 1. The highest BCUT2D eigenvalue weighted by atomic mass is 16.5. The van der Waals surface area contributed by atoms with Gasteiger partial charge in [0, 0.05) is 11.4 Å². The van der Waals surface area contributed by atoms with E-state index in [0.717, 1.165) is 42.9 Å². The van der Waals surface area contributed by atoms with Crippen LogP contribution in [0.3, 0.4) is 0 Å². The zero-order chi connectivity index (χ0) is 32.8. The maximum Gasteiger partial charge on any atom is 0.338 e. The molecule has 0 heterocycles. The smallest absolute Gasteiger partial charge is 0.338 e. The number of allylic oxidation sites excluding steroid dienone is 5. The first kappa shape index (κ1) is 35.8. The summed E-state index contributed by atoms with van der Waals surface area (Å²) in [5, 5.41) is 0. The predicted octanol–water partition coefficient (Wildman–Crippen LogP) is 9.70. The molecule has 5 heteroatoms. The van der Waals surface area contributed by atoms with Gasteiger partial charge in [0.1, 0.15) is 6.10 Å². The first-order valence-electron chi connectivity index (χ1n) is 17.3. The lowest BCUT2D eigenvalue weighted by Crippen LogP contribution is -2.52. The lowest BCUT2D eigenvalue weighted by Gasteiger charge is -2.59. The van der Waals surface area contributed by atoms with Gasteiger partial charge in [-0.2, -0.15) is 0 Å². The molecule has 0 aromatic heterocycles. The number of carbonyl (C=O) groups is 1. The molecule has 4 aliphatic rings. The van der Waals surface area contributed by atoms with Crippen molar-refractivity contribution in [2.45, 2.75) is 119 Å². The standard InChI is InChI=1S/C34H50N2O2.C3H7N.C2H6/c1-21(2)7-6-8-22(3)29-11-12-30-28-10-9-24-19-27(38-32(37)23-17-25(35)20-26(36)18-23)13-15-33(24,4)31(28)14-16-34(29,30)5;1-3(2)4;1-2/h7,9-10,17-18,20,22,24,27-31H,6,8,11-16,19,35-36H2,1-5H3;1,4H2,2H3;1-2H3. The zero-order valence-corrected chi connectivity index (χ0v) is 29.1. The fraction of sp³-hybridized carbons (Fsp3) is 0.667. The molecule has 0 amide bonds. The molecule has 0 radical (unpaired) electrons. The highest BCUT2D eigenvalue weighted by Gasteiger charge is 2.59. The van der Waals surface area contributed by atoms with Gasteiger partial charge in [0.2, 0.25) is 0 Å². The van der Waals surface area contributed by atoms with E-state index in [4.69, 9.17) is 21.9 Å². The van der Waals surface area contributed by atoms with E-state index < -0.39 is 0 Å². The van der Waals surface area contributed by atoms with Gasteiger partial charge in [-0.3, -0.25) is 0 Å². The summed E-state index contributed by atoms with van der Waals surface area (Å²) < 4.78 is 6.00. The van der Waals surface area contributed by atoms with Crippen LogP contribution in [0.5, 0.6) is 0 Å². The van der Waals surface area contributed by atoms with Crippen molar-refractivity contribution in [2.75, 3.05) is 11.5 Å². The molecule has 0 bridgehead atoms. The quantitative estimate of drug-likeness (QED) is 0.170. The number of rotatable bonds is 6. The molecule has 246 valence electrons. The predicted molar refractivity (Wildman–Crippen MR) is 188 cm³/mol. The van der Waals surface area contributed by atoms with Crippen LogP contribution in [0.2, 0.25) is 0 Å². The Kier molecular flexibility index (Phi) is 12.2. The Morgan fingerprint density at radius 1 is 0.977 bits per heavy atom. The number of fused-ring (bicyclic) bond motifs is 5. The number of esters is 1. The van der Waals surface area contributed by atoms with Gasteiger partial charge in [-0.25, -0.2) is 4.79 Å². The van der Waals surface area contributed by atoms with Gasteiger partial charge in [-0.05, 0) is 149 Å². The lowest BCUT2D eigenvalue weighted by atomic mass is 9.46. The van der Waals surface area contributed by atoms with E-state index in [1.54, 1.807) is 25.1 Å². The van der Waals surface area contributed by atoms with Crippen molar-refractivity contribution in [1.82, 2.24) is 0 Å². The molecule has 0 spiro atoms. The highest BCUT2D eigenvalue weighted by Crippen LogP contribution is 2.67. The van der Waals surface area contributed by atoms with Gasteiger partial charge in [-0.15, -0.1) is 0 Å². The summed E-state index contributed by atoms with van der Waals surface area (Å²) in [5.74, 6) is 4.10. The molecule has 6 N–H and O–H groups in total. The maximum absolute atomic E-state index is 12.9. The van der Waals surface area contributed by atoms with E-state index in [0.29, 0.717) is 45.3 Å². The van der Waals surface area contributed by atoms with Crippen molar-refractivity contribution in [3.63, 3.8) is 0 Å². The number of hydrogen-bond acceptors (Lipinski definition) is 5. The van der Waals surface area contributed by atoms with Crippen molar-refractivity contribution >= 4 is 17.3 Å². The van der Waals surface area contributed by atoms with Gasteiger partial charge < -0.3 is 21.9 Å². The molecule has 3 saturated carbocycles. The maximum atomic E-state index is 12.9. The number of carbonyl (C=O) groups excluding carboxylic acids is 1. The van der Waals surface area contributed by atoms with E-state index in [-0.39, 0.29) is 12.1 Å². The highest BCUT2D eigenvalue weighted by molar-refractivity contribution is 5.91. The van der Waals surface area contributed by atoms with Crippen LogP contribution in [0.25, 0.3) is 0 Å². The van der Waals surface area contributed by atoms with Crippen molar-refractivity contribution in [3.05, 3.63) is 59.8 Å². The molecule has 44 heavy (non-hydrogen) atoms. The molecular weight excluding hydrogens is 542 g/mol. The Morgan fingerprint density at radius 2 is 1.57 bits per heavy atom. The average Bonchev–Trinajstić information content (AvgIpc) is 3.30. The summed E-state index contributed by atoms with van der Waals surface area (Å²) in [7, 11) is 0. The number of hydrogen-bond donors (Lipinski definition) is 3. The fourth-order valence-electron chi connectivity index (χ4n) is 9.51. The molecule has 9 unspecified atom stereocenters. The van der Waals surface area contributed by atoms with E-state index in [1.807, 2.05) is 13.8 Å². The molecular formula is C39H63N3O2. The minimum absolute atomic E-state index is 0.0456. The van der Waals surface area contributed by atoms with E-state index in [2.05, 4.69) is 59.4 Å². The SMILES string of the molecule is C=C(C)N.CC.CC(C)=CCCC(C)C1CCC2C3C=CC4CC(OC(=O)c5cc(N)cc(N)c5)CCC4(C)C3CCC12C. The Bertz CT molecular complexity index is 1180. The van der Waals surface area contributed by atoms with E-state index in [9.17, 15) is 4.79 Å². The van der Waals surface area contributed by atoms with Crippen LogP contribution in [-0.4, -0.2) is 12.1 Å². The van der Waals surface area contributed by atoms with Crippen LogP contribution in [0.4, 0.5) is 11.4 Å². The molecule has 1 aromatic carbocycles. The van der Waals surface area contributed by atoms with E-state index in [1.165, 1.54) is 44.1 Å². The minimum atomic E-state index is -0.306. The van der Waals surface area contributed by atoms with Crippen molar-refractivity contribution in [3.8, 4) is 0 Å². The van der Waals surface area contributed by atoms with Crippen molar-refractivity contribution in [1.29, 1.82) is 0 Å². The summed E-state index contributed by atoms with van der Waals surface area (Å²) in [5.41, 5.74) is 21.1. The number of nitrogens with two attached hydrogens (primary N) is 3. The third kappa shape index (κ3) is 7.93. The molecule has 4 aliphatic carbocycles. The topological polar surface area (TPSA) is 104 Å². The first-order valence-corrected chi connectivity index (χ1v) is 17.3. The second kappa shape index (κ2) is 15.1. The molecule has 0 saturated heterocycles. The monoisotopic (exact) mass is 605 g/mol. The summed E-state index contributed by atoms with van der Waals surface area (Å²) in [6.45, 7) is 21.2. The van der Waals surface area contributed by atoms with Gasteiger partial charge >= 0.3 is 5.97 Å². The van der Waals surface area contributed by atoms with Gasteiger partial charge in [0.25, 0.3) is 0 Å². The summed E-state index contributed by atoms with van der Waals surface area (Å²) in [6.07, 6.45) is 18.6. The normalized spacial score (nSPS) is 33.9. The van der Waals surface area contributed by atoms with Crippen LogP contribution in [0.15, 0.2) is 54.3 Å².